The molecule has 0 fully saturated rings. The Morgan fingerprint density at radius 1 is 1.55 bits per heavy atom. The van der Waals surface area contributed by atoms with Crippen molar-refractivity contribution in [3.05, 3.63) is 23.8 Å². The summed E-state index contributed by atoms with van der Waals surface area (Å²) >= 11 is 2.62. The van der Waals surface area contributed by atoms with Crippen LogP contribution in [-0.4, -0.2) is 4.51 Å². The molecule has 0 bridgehead atoms. The minimum absolute atomic E-state index is 0. The summed E-state index contributed by atoms with van der Waals surface area (Å²) in [4.78, 5) is 0. The number of hydrogen-bond acceptors (Lipinski definition) is 1. The first kappa shape index (κ1) is 11.8. The Hall–Kier alpha value is 0.780. The molecule has 0 saturated heterocycles. The molecule has 0 aromatic rings. The van der Waals surface area contributed by atoms with E-state index in [0.717, 1.165) is 6.08 Å². The van der Waals surface area contributed by atoms with E-state index in [9.17, 15) is 13.9 Å². The summed E-state index contributed by atoms with van der Waals surface area (Å²) < 4.78 is 22.7. The molecule has 0 radical (unpaired) electrons. The monoisotopic (exact) mass is 232 g/mol. The molecule has 1 rings (SSSR count). The number of rotatable bonds is 0. The maximum atomic E-state index is 12.3. The van der Waals surface area contributed by atoms with Gasteiger partial charge in [0.25, 0.3) is 0 Å². The van der Waals surface area contributed by atoms with Crippen LogP contribution in [0.1, 0.15) is 6.42 Å². The van der Waals surface area contributed by atoms with Gasteiger partial charge >= 0.3 is 29.6 Å². The zero-order valence-corrected chi connectivity index (χ0v) is 9.49. The molecule has 0 aromatic heterocycles. The van der Waals surface area contributed by atoms with Gasteiger partial charge in [-0.1, -0.05) is 15.9 Å². The van der Waals surface area contributed by atoms with Gasteiger partial charge in [-0.15, -0.1) is 0 Å². The molecule has 0 N–H and O–H groups in total. The van der Waals surface area contributed by atoms with Crippen molar-refractivity contribution in [2.45, 2.75) is 10.9 Å². The second-order valence-electron chi connectivity index (χ2n) is 2.08. The molecule has 0 aromatic carbocycles. The van der Waals surface area contributed by atoms with Gasteiger partial charge in [0.2, 0.25) is 0 Å². The van der Waals surface area contributed by atoms with Gasteiger partial charge < -0.3 is 5.11 Å². The molecule has 0 spiro atoms. The Balaban J connectivity index is 0.000001000. The molecular weight excluding hydrogens is 229 g/mol. The first-order chi connectivity index (χ1) is 4.49. The predicted octanol–water partition coefficient (Wildman–Crippen LogP) is -1.45. The SMILES string of the molecule is [Na+].[O-]C1(Br)C=C(F)C=C(F)C1. The Bertz CT molecular complexity index is 213. The second-order valence-corrected chi connectivity index (χ2v) is 3.43. The summed E-state index contributed by atoms with van der Waals surface area (Å²) in [6, 6.07) is 0. The maximum Gasteiger partial charge on any atom is 1.00 e. The van der Waals surface area contributed by atoms with Crippen molar-refractivity contribution in [3.8, 4) is 0 Å². The number of alkyl halides is 1. The molecule has 0 amide bonds. The van der Waals surface area contributed by atoms with E-state index < -0.39 is 16.2 Å². The van der Waals surface area contributed by atoms with Crippen molar-refractivity contribution in [1.82, 2.24) is 0 Å². The molecule has 1 atom stereocenters. The van der Waals surface area contributed by atoms with Crippen molar-refractivity contribution in [1.29, 1.82) is 0 Å². The van der Waals surface area contributed by atoms with Gasteiger partial charge in [0.1, 0.15) is 11.7 Å². The molecule has 0 aliphatic heterocycles. The summed E-state index contributed by atoms with van der Waals surface area (Å²) in [7, 11) is 0. The van der Waals surface area contributed by atoms with Crippen LogP contribution >= 0.6 is 15.9 Å². The van der Waals surface area contributed by atoms with Gasteiger partial charge in [0.15, 0.2) is 0 Å². The molecule has 0 heterocycles. The van der Waals surface area contributed by atoms with Crippen molar-refractivity contribution < 1.29 is 43.4 Å². The molecular formula is C6H4BrF2NaO. The van der Waals surface area contributed by atoms with Crippen LogP contribution in [0.2, 0.25) is 0 Å². The number of allylic oxidation sites excluding steroid dienone is 2. The van der Waals surface area contributed by atoms with Crippen molar-refractivity contribution >= 4 is 15.9 Å². The van der Waals surface area contributed by atoms with Gasteiger partial charge in [0.05, 0.1) is 0 Å². The van der Waals surface area contributed by atoms with E-state index >= 15 is 0 Å². The van der Waals surface area contributed by atoms with Crippen LogP contribution in [0, 0.1) is 0 Å². The molecule has 1 aliphatic rings. The van der Waals surface area contributed by atoms with Gasteiger partial charge in [-0.25, -0.2) is 8.78 Å². The first-order valence-electron chi connectivity index (χ1n) is 2.63. The van der Waals surface area contributed by atoms with Crippen molar-refractivity contribution in [3.63, 3.8) is 0 Å². The topological polar surface area (TPSA) is 23.1 Å². The Labute approximate surface area is 93.6 Å². The zero-order chi connectivity index (χ0) is 7.78. The minimum Gasteiger partial charge on any atom is -0.838 e. The third-order valence-corrected chi connectivity index (χ3v) is 1.57. The first-order valence-corrected chi connectivity index (χ1v) is 3.43. The normalized spacial score (nSPS) is 30.2. The number of hydrogen-bond donors (Lipinski definition) is 0. The quantitative estimate of drug-likeness (QED) is 0.371. The predicted molar refractivity (Wildman–Crippen MR) is 34.7 cm³/mol. The number of halogens is 3. The van der Waals surface area contributed by atoms with Crippen LogP contribution in [0.15, 0.2) is 23.8 Å². The van der Waals surface area contributed by atoms with Gasteiger partial charge in [-0.05, 0) is 10.6 Å². The van der Waals surface area contributed by atoms with E-state index in [-0.39, 0.29) is 36.0 Å². The fourth-order valence-electron chi connectivity index (χ4n) is 0.730. The molecule has 1 nitrogen and oxygen atoms in total. The van der Waals surface area contributed by atoms with E-state index in [1.807, 2.05) is 0 Å². The summed E-state index contributed by atoms with van der Waals surface area (Å²) in [5.41, 5.74) is 0. The summed E-state index contributed by atoms with van der Waals surface area (Å²) in [6.45, 7) is 0. The minimum atomic E-state index is -1.80. The van der Waals surface area contributed by atoms with Crippen molar-refractivity contribution in [2.24, 2.45) is 0 Å². The van der Waals surface area contributed by atoms with E-state index in [2.05, 4.69) is 15.9 Å². The molecule has 56 valence electrons. The van der Waals surface area contributed by atoms with Crippen molar-refractivity contribution in [2.75, 3.05) is 0 Å². The Kier molecular flexibility index (Phi) is 4.43. The fraction of sp³-hybridized carbons (Fsp3) is 0.333. The van der Waals surface area contributed by atoms with E-state index in [1.165, 1.54) is 0 Å². The molecule has 1 aliphatic carbocycles. The van der Waals surface area contributed by atoms with Crippen LogP contribution in [0.5, 0.6) is 0 Å². The van der Waals surface area contributed by atoms with Crippen LogP contribution in [-0.2, 0) is 0 Å². The third-order valence-electron chi connectivity index (χ3n) is 1.06. The van der Waals surface area contributed by atoms with E-state index in [1.54, 1.807) is 0 Å². The smallest absolute Gasteiger partial charge is 0.838 e. The molecule has 5 heteroatoms. The largest absolute Gasteiger partial charge is 1.00 e. The van der Waals surface area contributed by atoms with Crippen LogP contribution in [0.25, 0.3) is 0 Å². The van der Waals surface area contributed by atoms with Gasteiger partial charge in [-0.3, -0.25) is 0 Å². The Morgan fingerprint density at radius 3 is 2.45 bits per heavy atom. The molecule has 0 saturated carbocycles. The summed E-state index contributed by atoms with van der Waals surface area (Å²) in [5, 5.41) is 10.9. The maximum absolute atomic E-state index is 12.3. The van der Waals surface area contributed by atoms with Crippen LogP contribution < -0.4 is 34.7 Å². The Morgan fingerprint density at radius 2 is 2.09 bits per heavy atom. The van der Waals surface area contributed by atoms with Crippen LogP contribution in [0.3, 0.4) is 0 Å². The molecule has 1 unspecified atom stereocenters. The summed E-state index contributed by atoms with van der Waals surface area (Å²) in [5.74, 6) is -1.55. The van der Waals surface area contributed by atoms with Gasteiger partial charge in [0, 0.05) is 12.5 Å². The summed E-state index contributed by atoms with van der Waals surface area (Å²) in [6.07, 6.45) is 1.17. The zero-order valence-electron chi connectivity index (χ0n) is 5.90. The molecule has 11 heavy (non-hydrogen) atoms. The average Bonchev–Trinajstić information content (AvgIpc) is 1.54. The standard InChI is InChI=1S/C6H4BrF2O.Na/c7-6(10)2-4(8)1-5(9)3-6;/h1-2H,3H2;/q-1;+1. The van der Waals surface area contributed by atoms with E-state index in [0.29, 0.717) is 6.08 Å². The van der Waals surface area contributed by atoms with Gasteiger partial charge in [-0.2, -0.15) is 0 Å². The van der Waals surface area contributed by atoms with E-state index in [4.69, 9.17) is 0 Å². The van der Waals surface area contributed by atoms with Crippen LogP contribution in [0.4, 0.5) is 8.78 Å². The second kappa shape index (κ2) is 4.14. The fourth-order valence-corrected chi connectivity index (χ4v) is 1.22. The average molecular weight is 233 g/mol. The third kappa shape index (κ3) is 3.80.